The standard InChI is InChI=1S/C18H21Cl2N5O3S.C17H20Cl2N5O7P.C12H17ClN4O3S.C11H15ClN4O3S.C7H7Cl2N.C7H6ClN3O.C6H14O3S.C4H10O3.C2H5ClS.Li.2H3N.2H2O/c1-29-11-28-7-6-27-5-4-25-16-15(10-22-25)23-18(24-17(16)26)21-9-12-2-3-13(19)14(20)8-12;18-12-2-1-11(7-13(12)19)8-20-17-22-14-9-21-24(15(14)16(25)23-17)3-4-29-5-6-30-10-31-32(26,27)28;1-18-11-10-9(15-12(13)16-11)7-14-17(10)3-4-19-5-6-20-8-21-2;1-20-7-19-5-4-18-3-2-16-9-8(6-13-16)14-11(12)15-10(9)17;8-6-2-1-5(4-10)3-7(6)9;1-12-6-4-2-9-3-5(4)10-7(8)11-6;1-10-6-9-5-4-8-3-2-7;5-1-3-7-4-2-6;1-4-2-3;;;;;/h2-3,8,10H,4-7,9,11H2,1H3,(H2,21,23,24,26);1-2,7,9H,3-6,8,10H2,(H2,26,27,28)(H2,20,22,23,25);7H,3-6,8H2,1-2H3;6H,2-5,7H2,1H3,(H,14,15,17);1-3H,4,10H2;3H,2H2,1H3;7H,2-6H2,1H3;5-6H,1-4H2;2H2,1H3;;2*1H3;2*1H2/q;;;;;;;;;+1;;;;/p-3. The number of halogens is 10. The van der Waals surface area contributed by atoms with Gasteiger partial charge in [0.15, 0.2) is 23.3 Å². The van der Waals surface area contributed by atoms with Crippen molar-refractivity contribution < 1.29 is 126 Å². The van der Waals surface area contributed by atoms with Crippen LogP contribution >= 0.6 is 183 Å². The van der Waals surface area contributed by atoms with Gasteiger partial charge in [0.2, 0.25) is 39.5 Å². The number of rotatable bonds is 54. The zero-order valence-electron chi connectivity index (χ0n) is 83.0. The summed E-state index contributed by atoms with van der Waals surface area (Å²) in [5.41, 5.74) is 12.7. The van der Waals surface area contributed by atoms with Gasteiger partial charge in [-0.1, -0.05) is 87.8 Å². The Balaban J connectivity index is 0.00000174. The van der Waals surface area contributed by atoms with Gasteiger partial charge in [0.25, 0.3) is 16.7 Å². The van der Waals surface area contributed by atoms with Crippen LogP contribution in [0.2, 0.25) is 46.0 Å². The molecule has 10 heterocycles. The first-order valence-corrected chi connectivity index (χ1v) is 55.4. The number of hydrogen-bond acceptors (Lipinski definition) is 46. The third-order valence-electron chi connectivity index (χ3n) is 17.4. The van der Waals surface area contributed by atoms with Gasteiger partial charge in [-0.15, -0.1) is 70.4 Å². The molecule has 0 radical (unpaired) electrons. The number of ether oxygens (including phenoxy) is 13. The minimum Gasteiger partial charge on any atom is -0.870 e. The van der Waals surface area contributed by atoms with Gasteiger partial charge in [-0.25, -0.2) is 24.9 Å². The summed E-state index contributed by atoms with van der Waals surface area (Å²) in [5, 5.41) is 51.4. The quantitative estimate of drug-likeness (QED) is 0.00430. The van der Waals surface area contributed by atoms with Gasteiger partial charge in [0, 0.05) is 25.8 Å². The summed E-state index contributed by atoms with van der Waals surface area (Å²) in [7, 11) is -1.96. The number of nitrogens with two attached hydrogens (primary N) is 1. The van der Waals surface area contributed by atoms with E-state index in [1.807, 2.05) is 43.4 Å². The van der Waals surface area contributed by atoms with Crippen molar-refractivity contribution in [3.8, 4) is 11.8 Å². The van der Waals surface area contributed by atoms with Crippen LogP contribution in [0.3, 0.4) is 0 Å². The van der Waals surface area contributed by atoms with E-state index in [4.69, 9.17) is 194 Å². The first kappa shape index (κ1) is 144. The number of phosphoric acid groups is 1. The number of fused-ring (bicyclic) bond motifs is 5. The zero-order valence-corrected chi connectivity index (χ0v) is 95.5. The van der Waals surface area contributed by atoms with Crippen LogP contribution in [0.15, 0.2) is 98.8 Å². The van der Waals surface area contributed by atoms with Gasteiger partial charge in [0.1, 0.15) is 27.6 Å². The Bertz CT molecular complexity index is 5970. The van der Waals surface area contributed by atoms with E-state index in [1.165, 1.54) is 24.2 Å². The van der Waals surface area contributed by atoms with Crippen LogP contribution in [0.4, 0.5) is 11.9 Å². The van der Waals surface area contributed by atoms with Gasteiger partial charge in [-0.3, -0.25) is 53.1 Å². The number of H-pyrrole nitrogens is 3. The number of alkyl halides is 1. The van der Waals surface area contributed by atoms with E-state index in [0.717, 1.165) is 27.9 Å². The van der Waals surface area contributed by atoms with Crippen molar-refractivity contribution in [2.75, 3.05) is 224 Å². The van der Waals surface area contributed by atoms with Crippen LogP contribution in [0.1, 0.15) is 27.9 Å². The number of aliphatic hydroxyl groups excluding tert-OH is 3. The molecule has 0 atom stereocenters. The second-order valence-corrected chi connectivity index (χ2v) is 37.0. The van der Waals surface area contributed by atoms with Crippen LogP contribution in [0.25, 0.3) is 44.1 Å². The van der Waals surface area contributed by atoms with Crippen molar-refractivity contribution in [2.45, 2.75) is 52.4 Å². The van der Waals surface area contributed by atoms with Crippen molar-refractivity contribution in [3.05, 3.63) is 184 Å². The number of aromatic nitrogens is 18. The maximum atomic E-state index is 12.5. The molecule has 0 aliphatic carbocycles. The number of methoxy groups -OCH3 is 2. The van der Waals surface area contributed by atoms with Crippen molar-refractivity contribution in [1.29, 1.82) is 0 Å². The molecular formula is C84H122Cl10LiN24O25PS5-2. The molecule has 0 unspecified atom stereocenters. The van der Waals surface area contributed by atoms with E-state index in [-0.39, 0.29) is 127 Å². The van der Waals surface area contributed by atoms with Gasteiger partial charge >= 0.3 is 18.9 Å². The third-order valence-corrected chi connectivity index (χ3v) is 23.0. The molecule has 13 rings (SSSR count). The molecule has 0 bridgehead atoms. The van der Waals surface area contributed by atoms with E-state index >= 15 is 0 Å². The van der Waals surface area contributed by atoms with Crippen LogP contribution in [-0.4, -0.2) is 335 Å². The average molecular weight is 2420 g/mol. The molecular weight excluding hydrogens is 2300 g/mol. The minimum absolute atomic E-state index is 0. The molecule has 0 spiro atoms. The summed E-state index contributed by atoms with van der Waals surface area (Å²) >= 11 is 65.6. The van der Waals surface area contributed by atoms with Crippen LogP contribution in [-0.2, 0) is 114 Å². The second kappa shape index (κ2) is 85.9. The van der Waals surface area contributed by atoms with Gasteiger partial charge in [-0.05, 0) is 119 Å². The second-order valence-electron chi connectivity index (χ2n) is 27.7. The number of hydrogen-bond donors (Lipinski definition) is 11. The predicted molar refractivity (Wildman–Crippen MR) is 586 cm³/mol. The first-order valence-electron chi connectivity index (χ1n) is 43.0. The molecule has 0 fully saturated rings. The maximum absolute atomic E-state index is 12.5. The molecule has 0 saturated carbocycles. The number of nitrogens with zero attached hydrogens (tertiary/aromatic N) is 16. The fourth-order valence-electron chi connectivity index (χ4n) is 11.1. The van der Waals surface area contributed by atoms with E-state index in [9.17, 15) is 28.7 Å². The molecule has 49 nitrogen and oxygen atoms in total. The monoisotopic (exact) mass is 2410 g/mol. The topological polar surface area (TPSA) is 707 Å². The van der Waals surface area contributed by atoms with Crippen molar-refractivity contribution in [1.82, 2.24) is 101 Å². The summed E-state index contributed by atoms with van der Waals surface area (Å²) in [6, 6.07) is 15.9. The summed E-state index contributed by atoms with van der Waals surface area (Å²) in [4.78, 5) is 98.0. The Hall–Kier alpha value is -6.19. The fraction of sp³-hybridized carbons (Fsp3) is 0.488. The van der Waals surface area contributed by atoms with Crippen molar-refractivity contribution in [3.63, 3.8) is 0 Å². The Labute approximate surface area is 947 Å². The molecule has 12 aromatic rings. The normalized spacial score (nSPS) is 10.8. The Kier molecular flexibility index (Phi) is 82.4. The number of aromatic amines is 3. The first-order chi connectivity index (χ1) is 70.1. The van der Waals surface area contributed by atoms with Gasteiger partial charge in [0.05, 0.1) is 282 Å². The SMILES string of the molecule is COc1nc(Cl)nc2c1CN=C2.COc1nc(Cl)nc2cnn(CCOCCOCSC)c12.CSCCl.CSCOCCOCCO.CSCOCCOCCn1ncc2nc(Cl)[nH]c(=O)c21.CSCOCCOCCn1ncc2nc(NCc3ccc(Cl)c(Cl)c3)[nH]c(=O)c21.N.N.NCc1ccc(Cl)c(Cl)c1.O.O=c1[nH]c(NCc2ccc(Cl)c(Cl)c2)nc2cnn(CCOCCOCOP(=O)([O-])[O-])c12.OCCOCCO.[Li+].[OH-]. The van der Waals surface area contributed by atoms with E-state index in [1.54, 1.807) is 141 Å². The maximum Gasteiger partial charge on any atom is 1.00 e. The van der Waals surface area contributed by atoms with Crippen molar-refractivity contribution in [2.24, 2.45) is 10.7 Å². The number of benzene rings is 3. The molecule has 3 aromatic carbocycles. The molecule has 66 heteroatoms. The molecule has 1 aliphatic heterocycles. The van der Waals surface area contributed by atoms with Crippen LogP contribution < -0.4 is 83.5 Å². The molecule has 0 saturated heterocycles. The molecule has 19 N–H and O–H groups in total. The fourth-order valence-corrected chi connectivity index (χ4v) is 13.9. The number of anilines is 2. The molecule has 150 heavy (non-hydrogen) atoms. The number of phosphoric ester groups is 1. The Morgan fingerprint density at radius 1 is 0.433 bits per heavy atom. The van der Waals surface area contributed by atoms with Gasteiger partial charge < -0.3 is 135 Å². The number of aliphatic hydroxyl groups is 3. The van der Waals surface area contributed by atoms with Crippen molar-refractivity contribution >= 4 is 245 Å². The van der Waals surface area contributed by atoms with E-state index in [2.05, 4.69) is 95.1 Å². The molecule has 1 aliphatic rings. The number of thioether (sulfide) groups is 5. The van der Waals surface area contributed by atoms with E-state index < -0.39 is 14.6 Å². The van der Waals surface area contributed by atoms with Crippen LogP contribution in [0.5, 0.6) is 11.8 Å². The third kappa shape index (κ3) is 57.1. The number of aliphatic imine (C=N–C) groups is 1. The zero-order chi connectivity index (χ0) is 106. The molecule has 836 valence electrons. The summed E-state index contributed by atoms with van der Waals surface area (Å²) in [6.45, 7) is 10.4. The Morgan fingerprint density at radius 2 is 0.760 bits per heavy atom. The Morgan fingerprint density at radius 3 is 1.12 bits per heavy atom. The van der Waals surface area contributed by atoms with E-state index in [0.29, 0.717) is 259 Å². The summed E-state index contributed by atoms with van der Waals surface area (Å²) < 4.78 is 87.8. The summed E-state index contributed by atoms with van der Waals surface area (Å²) in [5.74, 6) is 4.27. The largest absolute Gasteiger partial charge is 1.00 e. The number of nitrogens with one attached hydrogen (secondary N) is 5. The van der Waals surface area contributed by atoms with Crippen LogP contribution in [0, 0.1) is 0 Å². The minimum atomic E-state index is -5.05. The molecule has 0 amide bonds. The average Bonchev–Trinajstić information content (AvgIpc) is 1.63. The van der Waals surface area contributed by atoms with Gasteiger partial charge in [-0.2, -0.15) is 30.4 Å². The molecule has 9 aromatic heterocycles. The predicted octanol–water partition coefficient (Wildman–Crippen LogP) is 7.95. The smallest absolute Gasteiger partial charge is 0.870 e. The summed E-state index contributed by atoms with van der Waals surface area (Å²) in [6.07, 6.45) is 17.7.